The van der Waals surface area contributed by atoms with Crippen LogP contribution in [0.1, 0.15) is 25.7 Å². The van der Waals surface area contributed by atoms with Crippen molar-refractivity contribution in [2.75, 3.05) is 12.4 Å². The van der Waals surface area contributed by atoms with Crippen LogP contribution >= 0.6 is 0 Å². The van der Waals surface area contributed by atoms with Gasteiger partial charge in [-0.25, -0.2) is 13.1 Å². The Morgan fingerprint density at radius 1 is 1.16 bits per heavy atom. The van der Waals surface area contributed by atoms with Crippen LogP contribution in [-0.2, 0) is 10.0 Å². The number of sulfonamides is 1. The van der Waals surface area contributed by atoms with Crippen LogP contribution in [0.15, 0.2) is 29.2 Å². The standard InChI is InChI=1S/C14H20N2O2S/c1-15-19(17,18)14-5-3-2-4-12(14)16-13-9-10-6-7-11(13)8-10/h2-5,10-11,13,15-16H,6-9H2,1H3. The maximum Gasteiger partial charge on any atom is 0.242 e. The molecule has 1 aromatic carbocycles. The van der Waals surface area contributed by atoms with E-state index < -0.39 is 10.0 Å². The summed E-state index contributed by atoms with van der Waals surface area (Å²) in [6, 6.07) is 7.59. The summed E-state index contributed by atoms with van der Waals surface area (Å²) in [4.78, 5) is 0.347. The van der Waals surface area contributed by atoms with E-state index in [-0.39, 0.29) is 0 Å². The van der Waals surface area contributed by atoms with Crippen molar-refractivity contribution >= 4 is 15.7 Å². The van der Waals surface area contributed by atoms with Crippen LogP contribution < -0.4 is 10.0 Å². The summed E-state index contributed by atoms with van der Waals surface area (Å²) >= 11 is 0. The highest BCUT2D eigenvalue weighted by Gasteiger charge is 2.39. The lowest BCUT2D eigenvalue weighted by Crippen LogP contribution is -2.28. The topological polar surface area (TPSA) is 58.2 Å². The number of fused-ring (bicyclic) bond motifs is 2. The van der Waals surface area contributed by atoms with Crippen LogP contribution in [0.3, 0.4) is 0 Å². The molecule has 0 aromatic heterocycles. The van der Waals surface area contributed by atoms with E-state index in [1.807, 2.05) is 12.1 Å². The molecule has 2 bridgehead atoms. The van der Waals surface area contributed by atoms with Gasteiger partial charge >= 0.3 is 0 Å². The number of rotatable bonds is 4. The number of nitrogens with one attached hydrogen (secondary N) is 2. The van der Waals surface area contributed by atoms with Crippen molar-refractivity contribution in [1.29, 1.82) is 0 Å². The van der Waals surface area contributed by atoms with Crippen LogP contribution in [0.4, 0.5) is 5.69 Å². The Hall–Kier alpha value is -1.07. The predicted molar refractivity (Wildman–Crippen MR) is 75.5 cm³/mol. The second kappa shape index (κ2) is 4.80. The van der Waals surface area contributed by atoms with Crippen molar-refractivity contribution in [3.05, 3.63) is 24.3 Å². The third-order valence-electron chi connectivity index (χ3n) is 4.52. The number of hydrogen-bond donors (Lipinski definition) is 2. The van der Waals surface area contributed by atoms with Crippen molar-refractivity contribution in [3.63, 3.8) is 0 Å². The van der Waals surface area contributed by atoms with Gasteiger partial charge in [-0.05, 0) is 50.3 Å². The minimum Gasteiger partial charge on any atom is -0.381 e. The highest BCUT2D eigenvalue weighted by Crippen LogP contribution is 2.45. The zero-order valence-electron chi connectivity index (χ0n) is 11.1. The smallest absolute Gasteiger partial charge is 0.242 e. The Kier molecular flexibility index (Phi) is 3.27. The summed E-state index contributed by atoms with van der Waals surface area (Å²) in [5.74, 6) is 1.56. The molecule has 3 unspecified atom stereocenters. The third kappa shape index (κ3) is 2.37. The van der Waals surface area contributed by atoms with Crippen LogP contribution in [0.2, 0.25) is 0 Å². The van der Waals surface area contributed by atoms with Crippen LogP contribution in [0, 0.1) is 11.8 Å². The number of anilines is 1. The van der Waals surface area contributed by atoms with Gasteiger partial charge in [-0.1, -0.05) is 18.6 Å². The molecule has 2 aliphatic carbocycles. The Labute approximate surface area is 114 Å². The van der Waals surface area contributed by atoms with Crippen LogP contribution in [0.5, 0.6) is 0 Å². The van der Waals surface area contributed by atoms with Crippen molar-refractivity contribution in [2.45, 2.75) is 36.6 Å². The molecular formula is C14H20N2O2S. The van der Waals surface area contributed by atoms with Gasteiger partial charge in [0.05, 0.1) is 5.69 Å². The molecule has 5 heteroatoms. The molecule has 3 atom stereocenters. The number of hydrogen-bond acceptors (Lipinski definition) is 3. The Morgan fingerprint density at radius 3 is 2.58 bits per heavy atom. The molecular weight excluding hydrogens is 260 g/mol. The van der Waals surface area contributed by atoms with Gasteiger partial charge in [-0.3, -0.25) is 0 Å². The Bertz CT molecular complexity index is 571. The fourth-order valence-corrected chi connectivity index (χ4v) is 4.45. The highest BCUT2D eigenvalue weighted by molar-refractivity contribution is 7.89. The lowest BCUT2D eigenvalue weighted by Gasteiger charge is -2.25. The molecule has 0 spiro atoms. The molecule has 0 amide bonds. The van der Waals surface area contributed by atoms with Gasteiger partial charge in [0.1, 0.15) is 4.90 Å². The summed E-state index contributed by atoms with van der Waals surface area (Å²) in [6.07, 6.45) is 5.11. The zero-order valence-corrected chi connectivity index (χ0v) is 11.9. The van der Waals surface area contributed by atoms with Gasteiger partial charge in [-0.15, -0.1) is 0 Å². The lowest BCUT2D eigenvalue weighted by atomic mass is 9.95. The number of benzene rings is 1. The monoisotopic (exact) mass is 280 g/mol. The van der Waals surface area contributed by atoms with Crippen LogP contribution in [0.25, 0.3) is 0 Å². The third-order valence-corrected chi connectivity index (χ3v) is 6.00. The Balaban J connectivity index is 1.85. The van der Waals surface area contributed by atoms with Gasteiger partial charge < -0.3 is 5.32 Å². The van der Waals surface area contributed by atoms with Crippen molar-refractivity contribution in [2.24, 2.45) is 11.8 Å². The molecule has 104 valence electrons. The maximum absolute atomic E-state index is 12.0. The molecule has 2 aliphatic rings. The predicted octanol–water partition coefficient (Wildman–Crippen LogP) is 2.20. The molecule has 0 heterocycles. The molecule has 2 fully saturated rings. The van der Waals surface area contributed by atoms with E-state index in [0.29, 0.717) is 10.9 Å². The molecule has 0 saturated heterocycles. The van der Waals surface area contributed by atoms with E-state index >= 15 is 0 Å². The summed E-state index contributed by atoms with van der Waals surface area (Å²) in [6.45, 7) is 0. The quantitative estimate of drug-likeness (QED) is 0.889. The average Bonchev–Trinajstić information content (AvgIpc) is 3.01. The van der Waals surface area contributed by atoms with E-state index in [4.69, 9.17) is 0 Å². The van der Waals surface area contributed by atoms with Crippen molar-refractivity contribution in [1.82, 2.24) is 4.72 Å². The fourth-order valence-electron chi connectivity index (χ4n) is 3.55. The molecule has 3 rings (SSSR count). The van der Waals surface area contributed by atoms with Gasteiger partial charge in [0, 0.05) is 6.04 Å². The summed E-state index contributed by atoms with van der Waals surface area (Å²) in [7, 11) is -1.95. The minimum absolute atomic E-state index is 0.347. The van der Waals surface area contributed by atoms with E-state index in [0.717, 1.165) is 17.5 Å². The maximum atomic E-state index is 12.0. The largest absolute Gasteiger partial charge is 0.381 e. The second-order valence-electron chi connectivity index (χ2n) is 5.63. The summed E-state index contributed by atoms with van der Waals surface area (Å²) in [5, 5.41) is 3.46. The lowest BCUT2D eigenvalue weighted by molar-refractivity contribution is 0.439. The fraction of sp³-hybridized carbons (Fsp3) is 0.571. The molecule has 4 nitrogen and oxygen atoms in total. The molecule has 2 saturated carbocycles. The SMILES string of the molecule is CNS(=O)(=O)c1ccccc1NC1CC2CCC1C2. The van der Waals surface area contributed by atoms with E-state index in [1.54, 1.807) is 12.1 Å². The average molecular weight is 280 g/mol. The minimum atomic E-state index is -3.40. The molecule has 19 heavy (non-hydrogen) atoms. The summed E-state index contributed by atoms with van der Waals surface area (Å²) in [5.41, 5.74) is 0.731. The van der Waals surface area contributed by atoms with Gasteiger partial charge in [0.2, 0.25) is 10.0 Å². The molecule has 2 N–H and O–H groups in total. The first kappa shape index (κ1) is 12.9. The van der Waals surface area contributed by atoms with Gasteiger partial charge in [0.25, 0.3) is 0 Å². The van der Waals surface area contributed by atoms with Crippen molar-refractivity contribution < 1.29 is 8.42 Å². The van der Waals surface area contributed by atoms with Gasteiger partial charge in [-0.2, -0.15) is 0 Å². The first-order valence-electron chi connectivity index (χ1n) is 6.89. The van der Waals surface area contributed by atoms with Crippen LogP contribution in [-0.4, -0.2) is 21.5 Å². The number of para-hydroxylation sites is 1. The normalized spacial score (nSPS) is 29.6. The van der Waals surface area contributed by atoms with Gasteiger partial charge in [0.15, 0.2) is 0 Å². The Morgan fingerprint density at radius 2 is 1.95 bits per heavy atom. The van der Waals surface area contributed by atoms with E-state index in [9.17, 15) is 8.42 Å². The first-order chi connectivity index (χ1) is 9.10. The zero-order chi connectivity index (χ0) is 13.5. The summed E-state index contributed by atoms with van der Waals surface area (Å²) < 4.78 is 26.4. The van der Waals surface area contributed by atoms with Crippen molar-refractivity contribution in [3.8, 4) is 0 Å². The molecule has 0 radical (unpaired) electrons. The van der Waals surface area contributed by atoms with E-state index in [1.165, 1.54) is 32.7 Å². The highest BCUT2D eigenvalue weighted by atomic mass is 32.2. The molecule has 1 aromatic rings. The second-order valence-corrected chi connectivity index (χ2v) is 7.48. The molecule has 0 aliphatic heterocycles. The first-order valence-corrected chi connectivity index (χ1v) is 8.37. The van der Waals surface area contributed by atoms with E-state index in [2.05, 4.69) is 10.0 Å².